The van der Waals surface area contributed by atoms with Crippen molar-refractivity contribution >= 4 is 5.91 Å². The molecule has 1 saturated heterocycles. The first-order chi connectivity index (χ1) is 12.7. The minimum atomic E-state index is 0.0363. The van der Waals surface area contributed by atoms with Crippen molar-refractivity contribution in [1.29, 1.82) is 0 Å². The molecule has 5 heteroatoms. The third-order valence-electron chi connectivity index (χ3n) is 5.05. The third-order valence-corrected chi connectivity index (χ3v) is 5.05. The summed E-state index contributed by atoms with van der Waals surface area (Å²) in [4.78, 5) is 19.7. The number of amides is 1. The van der Waals surface area contributed by atoms with Gasteiger partial charge in [-0.3, -0.25) is 9.78 Å². The Morgan fingerprint density at radius 1 is 1.19 bits per heavy atom. The van der Waals surface area contributed by atoms with Gasteiger partial charge in [0, 0.05) is 24.5 Å². The number of rotatable bonds is 3. The highest BCUT2D eigenvalue weighted by molar-refractivity contribution is 5.98. The Hall–Kier alpha value is -2.56. The highest BCUT2D eigenvalue weighted by Gasteiger charge is 2.28. The Morgan fingerprint density at radius 3 is 2.92 bits per heavy atom. The molecule has 5 nitrogen and oxygen atoms in total. The van der Waals surface area contributed by atoms with Gasteiger partial charge in [-0.15, -0.1) is 0 Å². The van der Waals surface area contributed by atoms with E-state index in [9.17, 15) is 4.79 Å². The Bertz CT molecular complexity index is 806. The van der Waals surface area contributed by atoms with Crippen LogP contribution < -0.4 is 9.47 Å². The predicted octanol–water partition coefficient (Wildman–Crippen LogP) is 3.26. The zero-order chi connectivity index (χ0) is 17.9. The van der Waals surface area contributed by atoms with Gasteiger partial charge in [-0.2, -0.15) is 0 Å². The lowest BCUT2D eigenvalue weighted by Gasteiger charge is -2.33. The van der Waals surface area contributed by atoms with Crippen LogP contribution in [0.4, 0.5) is 0 Å². The Labute approximate surface area is 153 Å². The standard InChI is InChI=1S/C21H24N2O3/c1-15-5-2-7-17(22-15)13-16-6-4-10-23(14-16)21(24)18-8-3-9-19-20(18)26-12-11-25-19/h2-3,5,7-9,16H,4,6,10-14H2,1H3/t16-/m0/s1. The van der Waals surface area contributed by atoms with E-state index in [1.807, 2.05) is 36.1 Å². The van der Waals surface area contributed by atoms with Gasteiger partial charge in [0.25, 0.3) is 5.91 Å². The Kier molecular flexibility index (Phi) is 4.78. The van der Waals surface area contributed by atoms with E-state index in [2.05, 4.69) is 17.1 Å². The number of aromatic nitrogens is 1. The lowest BCUT2D eigenvalue weighted by atomic mass is 9.92. The maximum atomic E-state index is 13.1. The van der Waals surface area contributed by atoms with E-state index < -0.39 is 0 Å². The number of para-hydroxylation sites is 1. The highest BCUT2D eigenvalue weighted by Crippen LogP contribution is 2.35. The van der Waals surface area contributed by atoms with Crippen LogP contribution in [0.2, 0.25) is 0 Å². The molecule has 0 radical (unpaired) electrons. The van der Waals surface area contributed by atoms with Crippen LogP contribution in [0.15, 0.2) is 36.4 Å². The number of ether oxygens (including phenoxy) is 2. The minimum Gasteiger partial charge on any atom is -0.486 e. The van der Waals surface area contributed by atoms with Gasteiger partial charge in [0.2, 0.25) is 0 Å². The highest BCUT2D eigenvalue weighted by atomic mass is 16.6. The van der Waals surface area contributed by atoms with Crippen LogP contribution in [0.5, 0.6) is 11.5 Å². The molecule has 2 aliphatic heterocycles. The summed E-state index contributed by atoms with van der Waals surface area (Å²) in [6.45, 7) is 4.58. The quantitative estimate of drug-likeness (QED) is 0.851. The van der Waals surface area contributed by atoms with Gasteiger partial charge in [0.1, 0.15) is 13.2 Å². The molecule has 26 heavy (non-hydrogen) atoms. The second kappa shape index (κ2) is 7.36. The average Bonchev–Trinajstić information content (AvgIpc) is 2.67. The van der Waals surface area contributed by atoms with Gasteiger partial charge in [0.15, 0.2) is 11.5 Å². The monoisotopic (exact) mass is 352 g/mol. The lowest BCUT2D eigenvalue weighted by molar-refractivity contribution is 0.0663. The molecule has 1 aromatic heterocycles. The number of nitrogens with zero attached hydrogens (tertiary/aromatic N) is 2. The van der Waals surface area contributed by atoms with E-state index in [1.54, 1.807) is 0 Å². The van der Waals surface area contributed by atoms with Crippen LogP contribution >= 0.6 is 0 Å². The number of hydrogen-bond donors (Lipinski definition) is 0. The van der Waals surface area contributed by atoms with Crippen LogP contribution in [-0.4, -0.2) is 42.1 Å². The summed E-state index contributed by atoms with van der Waals surface area (Å²) >= 11 is 0. The second-order valence-corrected chi connectivity index (χ2v) is 7.06. The van der Waals surface area contributed by atoms with Gasteiger partial charge in [-0.25, -0.2) is 0 Å². The fourth-order valence-corrected chi connectivity index (χ4v) is 3.84. The molecule has 0 saturated carbocycles. The van der Waals surface area contributed by atoms with E-state index >= 15 is 0 Å². The number of piperidine rings is 1. The molecule has 0 spiro atoms. The number of hydrogen-bond acceptors (Lipinski definition) is 4. The van der Waals surface area contributed by atoms with Crippen molar-refractivity contribution in [2.75, 3.05) is 26.3 Å². The molecule has 3 heterocycles. The number of aryl methyl sites for hydroxylation is 1. The molecule has 0 bridgehead atoms. The topological polar surface area (TPSA) is 51.7 Å². The maximum absolute atomic E-state index is 13.1. The first-order valence-corrected chi connectivity index (χ1v) is 9.31. The summed E-state index contributed by atoms with van der Waals surface area (Å²) in [5.41, 5.74) is 2.76. The summed E-state index contributed by atoms with van der Waals surface area (Å²) in [6.07, 6.45) is 3.07. The zero-order valence-electron chi connectivity index (χ0n) is 15.1. The Morgan fingerprint density at radius 2 is 2.04 bits per heavy atom. The zero-order valence-corrected chi connectivity index (χ0v) is 15.1. The van der Waals surface area contributed by atoms with Gasteiger partial charge >= 0.3 is 0 Å². The van der Waals surface area contributed by atoms with Crippen molar-refractivity contribution in [3.63, 3.8) is 0 Å². The molecule has 1 atom stereocenters. The summed E-state index contributed by atoms with van der Waals surface area (Å²) in [5.74, 6) is 1.74. The molecule has 1 aromatic carbocycles. The minimum absolute atomic E-state index is 0.0363. The van der Waals surface area contributed by atoms with Crippen molar-refractivity contribution in [1.82, 2.24) is 9.88 Å². The summed E-state index contributed by atoms with van der Waals surface area (Å²) in [6, 6.07) is 11.7. The van der Waals surface area contributed by atoms with Gasteiger partial charge in [-0.1, -0.05) is 12.1 Å². The smallest absolute Gasteiger partial charge is 0.257 e. The molecule has 0 unspecified atom stereocenters. The molecular weight excluding hydrogens is 328 g/mol. The summed E-state index contributed by atoms with van der Waals surface area (Å²) in [7, 11) is 0. The number of fused-ring (bicyclic) bond motifs is 1. The number of pyridine rings is 1. The van der Waals surface area contributed by atoms with Gasteiger partial charge in [0.05, 0.1) is 5.56 Å². The van der Waals surface area contributed by atoms with E-state index in [0.717, 1.165) is 43.7 Å². The number of benzene rings is 1. The van der Waals surface area contributed by atoms with Crippen LogP contribution in [0.1, 0.15) is 34.6 Å². The molecule has 136 valence electrons. The van der Waals surface area contributed by atoms with Crippen molar-refractivity contribution < 1.29 is 14.3 Å². The van der Waals surface area contributed by atoms with Crippen molar-refractivity contribution in [2.45, 2.75) is 26.2 Å². The normalized spacial score (nSPS) is 19.3. The first-order valence-electron chi connectivity index (χ1n) is 9.31. The first kappa shape index (κ1) is 16.9. The fourth-order valence-electron chi connectivity index (χ4n) is 3.84. The molecular formula is C21H24N2O3. The Balaban J connectivity index is 1.48. The van der Waals surface area contributed by atoms with E-state index in [0.29, 0.717) is 36.2 Å². The molecule has 0 N–H and O–H groups in total. The summed E-state index contributed by atoms with van der Waals surface area (Å²) < 4.78 is 11.3. The molecule has 2 aliphatic rings. The van der Waals surface area contributed by atoms with Gasteiger partial charge in [-0.05, 0) is 56.4 Å². The number of carbonyl (C=O) groups is 1. The largest absolute Gasteiger partial charge is 0.486 e. The predicted molar refractivity (Wildman–Crippen MR) is 98.7 cm³/mol. The SMILES string of the molecule is Cc1cccc(C[C@@H]2CCCN(C(=O)c3cccc4c3OCCO4)C2)n1. The van der Waals surface area contributed by atoms with E-state index in [-0.39, 0.29) is 5.91 Å². The van der Waals surface area contributed by atoms with Crippen LogP contribution in [0.25, 0.3) is 0 Å². The number of likely N-dealkylation sites (tertiary alicyclic amines) is 1. The molecule has 1 amide bonds. The van der Waals surface area contributed by atoms with E-state index in [1.165, 1.54) is 0 Å². The molecule has 4 rings (SSSR count). The number of carbonyl (C=O) groups excluding carboxylic acids is 1. The van der Waals surface area contributed by atoms with E-state index in [4.69, 9.17) is 9.47 Å². The summed E-state index contributed by atoms with van der Waals surface area (Å²) in [5, 5.41) is 0. The lowest BCUT2D eigenvalue weighted by Crippen LogP contribution is -2.41. The second-order valence-electron chi connectivity index (χ2n) is 7.06. The van der Waals surface area contributed by atoms with Crippen molar-refractivity contribution in [2.24, 2.45) is 5.92 Å². The fraction of sp³-hybridized carbons (Fsp3) is 0.429. The van der Waals surface area contributed by atoms with Crippen molar-refractivity contribution in [3.8, 4) is 11.5 Å². The maximum Gasteiger partial charge on any atom is 0.257 e. The third kappa shape index (κ3) is 3.52. The molecule has 2 aromatic rings. The van der Waals surface area contributed by atoms with Crippen LogP contribution in [-0.2, 0) is 6.42 Å². The van der Waals surface area contributed by atoms with Gasteiger partial charge < -0.3 is 14.4 Å². The molecule has 0 aliphatic carbocycles. The van der Waals surface area contributed by atoms with Crippen LogP contribution in [0.3, 0.4) is 0 Å². The van der Waals surface area contributed by atoms with Crippen molar-refractivity contribution in [3.05, 3.63) is 53.3 Å². The molecule has 1 fully saturated rings. The van der Waals surface area contributed by atoms with Crippen LogP contribution in [0, 0.1) is 12.8 Å². The average molecular weight is 352 g/mol.